The third-order valence-corrected chi connectivity index (χ3v) is 5.83. The molecular formula is C24H29FN2O2. The number of carbonyl (C=O) groups excluding carboxylic acids is 2. The summed E-state index contributed by atoms with van der Waals surface area (Å²) in [6.45, 7) is 3.01. The molecule has 29 heavy (non-hydrogen) atoms. The number of carbonyl (C=O) groups is 2. The first-order chi connectivity index (χ1) is 14.0. The lowest BCUT2D eigenvalue weighted by molar-refractivity contribution is -0.130. The summed E-state index contributed by atoms with van der Waals surface area (Å²) >= 11 is 0. The van der Waals surface area contributed by atoms with Crippen molar-refractivity contribution in [2.24, 2.45) is 11.8 Å². The van der Waals surface area contributed by atoms with E-state index in [4.69, 9.17) is 0 Å². The van der Waals surface area contributed by atoms with Crippen LogP contribution in [0.4, 0.5) is 4.39 Å². The lowest BCUT2D eigenvalue weighted by atomic mass is 9.81. The summed E-state index contributed by atoms with van der Waals surface area (Å²) in [5.74, 6) is -0.233. The van der Waals surface area contributed by atoms with E-state index in [0.29, 0.717) is 37.9 Å². The molecule has 0 heterocycles. The molecule has 3 rings (SSSR count). The third-order valence-electron chi connectivity index (χ3n) is 5.83. The quantitative estimate of drug-likeness (QED) is 0.745. The van der Waals surface area contributed by atoms with Crippen LogP contribution in [0.15, 0.2) is 48.5 Å². The molecule has 0 bridgehead atoms. The van der Waals surface area contributed by atoms with Gasteiger partial charge in [0.25, 0.3) is 0 Å². The fraction of sp³-hybridized carbons (Fsp3) is 0.417. The van der Waals surface area contributed by atoms with Crippen molar-refractivity contribution in [2.45, 2.75) is 45.6 Å². The highest BCUT2D eigenvalue weighted by atomic mass is 19.1. The summed E-state index contributed by atoms with van der Waals surface area (Å²) in [4.78, 5) is 24.9. The second-order valence-electron chi connectivity index (χ2n) is 7.83. The lowest BCUT2D eigenvalue weighted by Gasteiger charge is -2.27. The van der Waals surface area contributed by atoms with Crippen LogP contribution in [-0.4, -0.2) is 18.4 Å². The summed E-state index contributed by atoms with van der Waals surface area (Å²) in [6.07, 6.45) is 3.37. The van der Waals surface area contributed by atoms with Crippen molar-refractivity contribution in [2.75, 3.05) is 6.54 Å². The van der Waals surface area contributed by atoms with E-state index in [1.807, 2.05) is 31.2 Å². The number of nitrogens with one attached hydrogen (secondary N) is 2. The molecule has 2 aromatic carbocycles. The number of hydrogen-bond donors (Lipinski definition) is 2. The maximum Gasteiger partial charge on any atom is 0.223 e. The number of rotatable bonds is 7. The Morgan fingerprint density at radius 1 is 0.862 bits per heavy atom. The molecule has 2 N–H and O–H groups in total. The molecule has 0 aliphatic heterocycles. The Morgan fingerprint density at radius 3 is 2.03 bits per heavy atom. The van der Waals surface area contributed by atoms with Crippen LogP contribution in [0.1, 0.15) is 42.4 Å². The molecular weight excluding hydrogens is 367 g/mol. The first-order valence-corrected chi connectivity index (χ1v) is 10.4. The van der Waals surface area contributed by atoms with Gasteiger partial charge in [0, 0.05) is 24.9 Å². The van der Waals surface area contributed by atoms with Gasteiger partial charge in [-0.25, -0.2) is 4.39 Å². The number of aryl methyl sites for hydroxylation is 1. The minimum absolute atomic E-state index is 0.0140. The number of hydrogen-bond acceptors (Lipinski definition) is 2. The Bertz CT molecular complexity index is 844. The first kappa shape index (κ1) is 21.0. The highest BCUT2D eigenvalue weighted by Gasteiger charge is 2.29. The number of halogens is 1. The van der Waals surface area contributed by atoms with Gasteiger partial charge in [-0.2, -0.15) is 0 Å². The largest absolute Gasteiger partial charge is 0.356 e. The van der Waals surface area contributed by atoms with E-state index >= 15 is 0 Å². The summed E-state index contributed by atoms with van der Waals surface area (Å²) in [5, 5.41) is 5.96. The second kappa shape index (κ2) is 10.2. The molecule has 1 fully saturated rings. The van der Waals surface area contributed by atoms with E-state index in [0.717, 1.165) is 18.4 Å². The Labute approximate surface area is 171 Å². The summed E-state index contributed by atoms with van der Waals surface area (Å²) in [6, 6.07) is 14.7. The standard InChI is InChI=1S/C24H29FN2O2/c1-17-6-2-3-8-21(17)16-27-24(29)20-12-10-19(11-13-20)23(28)26-15-14-18-7-4-5-9-22(18)25/h2-9,19-20H,10-16H2,1H3,(H,26,28)(H,27,29). The SMILES string of the molecule is Cc1ccccc1CNC(=O)C1CCC(C(=O)NCCc2ccccc2F)CC1. The molecule has 0 aromatic heterocycles. The van der Waals surface area contributed by atoms with Crippen molar-refractivity contribution in [1.29, 1.82) is 0 Å². The fourth-order valence-electron chi connectivity index (χ4n) is 3.92. The van der Waals surface area contributed by atoms with E-state index in [1.165, 1.54) is 11.6 Å². The van der Waals surface area contributed by atoms with Crippen LogP contribution < -0.4 is 10.6 Å². The minimum atomic E-state index is -0.237. The molecule has 0 radical (unpaired) electrons. The van der Waals surface area contributed by atoms with Gasteiger partial charge in [0.15, 0.2) is 0 Å². The molecule has 4 nitrogen and oxygen atoms in total. The molecule has 0 unspecified atom stereocenters. The van der Waals surface area contributed by atoms with Gasteiger partial charge in [-0.1, -0.05) is 42.5 Å². The van der Waals surface area contributed by atoms with E-state index in [9.17, 15) is 14.0 Å². The van der Waals surface area contributed by atoms with Gasteiger partial charge in [0.2, 0.25) is 11.8 Å². The molecule has 0 saturated heterocycles. The Hall–Kier alpha value is -2.69. The molecule has 1 aliphatic carbocycles. The Kier molecular flexibility index (Phi) is 7.39. The van der Waals surface area contributed by atoms with E-state index < -0.39 is 0 Å². The highest BCUT2D eigenvalue weighted by molar-refractivity contribution is 5.81. The van der Waals surface area contributed by atoms with Crippen molar-refractivity contribution < 1.29 is 14.0 Å². The van der Waals surface area contributed by atoms with Crippen LogP contribution in [0.5, 0.6) is 0 Å². The smallest absolute Gasteiger partial charge is 0.223 e. The van der Waals surface area contributed by atoms with Crippen LogP contribution in [-0.2, 0) is 22.6 Å². The van der Waals surface area contributed by atoms with Gasteiger partial charge >= 0.3 is 0 Å². The van der Waals surface area contributed by atoms with Gasteiger partial charge < -0.3 is 10.6 Å². The van der Waals surface area contributed by atoms with Crippen molar-refractivity contribution in [3.63, 3.8) is 0 Å². The van der Waals surface area contributed by atoms with Crippen LogP contribution in [0, 0.1) is 24.6 Å². The molecule has 2 aromatic rings. The summed E-state index contributed by atoms with van der Waals surface area (Å²) in [7, 11) is 0. The van der Waals surface area contributed by atoms with Crippen LogP contribution >= 0.6 is 0 Å². The molecule has 5 heteroatoms. The summed E-state index contributed by atoms with van der Waals surface area (Å²) in [5.41, 5.74) is 2.91. The maximum absolute atomic E-state index is 13.6. The van der Waals surface area contributed by atoms with Crippen LogP contribution in [0.3, 0.4) is 0 Å². The van der Waals surface area contributed by atoms with Crippen molar-refractivity contribution in [3.8, 4) is 0 Å². The molecule has 1 aliphatic rings. The van der Waals surface area contributed by atoms with Gasteiger partial charge in [-0.15, -0.1) is 0 Å². The number of benzene rings is 2. The van der Waals surface area contributed by atoms with E-state index in [2.05, 4.69) is 10.6 Å². The van der Waals surface area contributed by atoms with Gasteiger partial charge in [0.05, 0.1) is 0 Å². The monoisotopic (exact) mass is 396 g/mol. The average molecular weight is 397 g/mol. The van der Waals surface area contributed by atoms with E-state index in [1.54, 1.807) is 18.2 Å². The Morgan fingerprint density at radius 2 is 1.41 bits per heavy atom. The zero-order valence-electron chi connectivity index (χ0n) is 16.9. The van der Waals surface area contributed by atoms with Gasteiger partial charge in [-0.3, -0.25) is 9.59 Å². The van der Waals surface area contributed by atoms with E-state index in [-0.39, 0.29) is 29.5 Å². The van der Waals surface area contributed by atoms with Crippen LogP contribution in [0.2, 0.25) is 0 Å². The second-order valence-corrected chi connectivity index (χ2v) is 7.83. The fourth-order valence-corrected chi connectivity index (χ4v) is 3.92. The highest BCUT2D eigenvalue weighted by Crippen LogP contribution is 2.29. The molecule has 1 saturated carbocycles. The maximum atomic E-state index is 13.6. The van der Waals surface area contributed by atoms with Crippen molar-refractivity contribution in [1.82, 2.24) is 10.6 Å². The molecule has 0 atom stereocenters. The van der Waals surface area contributed by atoms with Crippen molar-refractivity contribution >= 4 is 11.8 Å². The topological polar surface area (TPSA) is 58.2 Å². The van der Waals surface area contributed by atoms with Gasteiger partial charge in [-0.05, 0) is 61.8 Å². The zero-order valence-corrected chi connectivity index (χ0v) is 16.9. The molecule has 154 valence electrons. The normalized spacial score (nSPS) is 18.8. The average Bonchev–Trinajstić information content (AvgIpc) is 2.74. The first-order valence-electron chi connectivity index (χ1n) is 10.4. The third kappa shape index (κ3) is 5.89. The number of amides is 2. The minimum Gasteiger partial charge on any atom is -0.356 e. The Balaban J connectivity index is 1.38. The van der Waals surface area contributed by atoms with Crippen LogP contribution in [0.25, 0.3) is 0 Å². The zero-order chi connectivity index (χ0) is 20.6. The van der Waals surface area contributed by atoms with Crippen molar-refractivity contribution in [3.05, 3.63) is 71.0 Å². The predicted molar refractivity (Wildman–Crippen MR) is 112 cm³/mol. The summed E-state index contributed by atoms with van der Waals surface area (Å²) < 4.78 is 13.6. The molecule has 2 amide bonds. The van der Waals surface area contributed by atoms with Gasteiger partial charge in [0.1, 0.15) is 5.82 Å². The lowest BCUT2D eigenvalue weighted by Crippen LogP contribution is -2.38. The molecule has 0 spiro atoms. The predicted octanol–water partition coefficient (Wildman–Crippen LogP) is 3.92.